The molecule has 0 bridgehead atoms. The zero-order valence-corrected chi connectivity index (χ0v) is 19.0. The van der Waals surface area contributed by atoms with Crippen LogP contribution in [-0.4, -0.2) is 43.2 Å². The quantitative estimate of drug-likeness (QED) is 0.359. The van der Waals surface area contributed by atoms with Gasteiger partial charge in [0.15, 0.2) is 0 Å². The van der Waals surface area contributed by atoms with Crippen LogP contribution in [-0.2, 0) is 19.7 Å². The summed E-state index contributed by atoms with van der Waals surface area (Å²) in [6.07, 6.45) is 1.52. The van der Waals surface area contributed by atoms with E-state index in [-0.39, 0.29) is 23.3 Å². The molecular weight excluding hydrogens is 428 g/mol. The van der Waals surface area contributed by atoms with Gasteiger partial charge >= 0.3 is 5.97 Å². The van der Waals surface area contributed by atoms with Crippen LogP contribution in [0.25, 0.3) is 0 Å². The summed E-state index contributed by atoms with van der Waals surface area (Å²) < 4.78 is 16.2. The van der Waals surface area contributed by atoms with Crippen molar-refractivity contribution in [3.63, 3.8) is 0 Å². The Hall–Kier alpha value is -3.46. The number of anilines is 1. The third-order valence-electron chi connectivity index (χ3n) is 5.96. The van der Waals surface area contributed by atoms with E-state index >= 15 is 0 Å². The number of amides is 1. The van der Waals surface area contributed by atoms with Gasteiger partial charge in [0.25, 0.3) is 5.69 Å². The van der Waals surface area contributed by atoms with Crippen LogP contribution in [0.2, 0.25) is 0 Å². The van der Waals surface area contributed by atoms with E-state index in [1.807, 2.05) is 13.8 Å². The molecule has 0 spiro atoms. The summed E-state index contributed by atoms with van der Waals surface area (Å²) in [6.45, 7) is 4.65. The molecule has 9 heteroatoms. The highest BCUT2D eigenvalue weighted by Crippen LogP contribution is 2.37. The zero-order chi connectivity index (χ0) is 24.0. The van der Waals surface area contributed by atoms with E-state index in [0.717, 1.165) is 6.42 Å². The van der Waals surface area contributed by atoms with Gasteiger partial charge in [-0.15, -0.1) is 0 Å². The lowest BCUT2D eigenvalue weighted by Crippen LogP contribution is -2.44. The van der Waals surface area contributed by atoms with Crippen molar-refractivity contribution < 1.29 is 28.7 Å². The fourth-order valence-electron chi connectivity index (χ4n) is 3.80. The second-order valence-electron chi connectivity index (χ2n) is 7.99. The van der Waals surface area contributed by atoms with Crippen LogP contribution in [0.5, 0.6) is 5.75 Å². The zero-order valence-electron chi connectivity index (χ0n) is 19.0. The number of nitro benzene ring substituents is 1. The van der Waals surface area contributed by atoms with Gasteiger partial charge < -0.3 is 19.5 Å². The Kier molecular flexibility index (Phi) is 7.65. The van der Waals surface area contributed by atoms with E-state index in [0.29, 0.717) is 43.1 Å². The Morgan fingerprint density at radius 2 is 1.85 bits per heavy atom. The summed E-state index contributed by atoms with van der Waals surface area (Å²) >= 11 is 0. The number of hydrogen-bond donors (Lipinski definition) is 1. The Bertz CT molecular complexity index is 1010. The fourth-order valence-corrected chi connectivity index (χ4v) is 3.80. The Morgan fingerprint density at radius 3 is 2.42 bits per heavy atom. The van der Waals surface area contributed by atoms with E-state index in [9.17, 15) is 19.7 Å². The largest absolute Gasteiger partial charge is 0.490 e. The molecule has 1 fully saturated rings. The van der Waals surface area contributed by atoms with Crippen molar-refractivity contribution in [3.05, 3.63) is 63.7 Å². The first-order valence-corrected chi connectivity index (χ1v) is 10.8. The molecule has 176 valence electrons. The molecule has 1 unspecified atom stereocenters. The van der Waals surface area contributed by atoms with Gasteiger partial charge in [-0.1, -0.05) is 19.1 Å². The molecular formula is C24H28N2O7. The highest BCUT2D eigenvalue weighted by molar-refractivity contribution is 6.01. The Labute approximate surface area is 192 Å². The number of ether oxygens (including phenoxy) is 3. The van der Waals surface area contributed by atoms with Crippen molar-refractivity contribution in [3.8, 4) is 5.75 Å². The Balaban J connectivity index is 1.92. The number of nitrogens with zero attached hydrogens (tertiary/aromatic N) is 1. The van der Waals surface area contributed by atoms with Crippen LogP contribution >= 0.6 is 0 Å². The van der Waals surface area contributed by atoms with Crippen molar-refractivity contribution in [1.82, 2.24) is 0 Å². The van der Waals surface area contributed by atoms with Crippen molar-refractivity contribution in [2.75, 3.05) is 25.6 Å². The maximum absolute atomic E-state index is 13.5. The summed E-state index contributed by atoms with van der Waals surface area (Å²) in [7, 11) is 1.28. The lowest BCUT2D eigenvalue weighted by molar-refractivity contribution is -0.384. The number of esters is 1. The summed E-state index contributed by atoms with van der Waals surface area (Å²) in [4.78, 5) is 36.4. The fraction of sp³-hybridized carbons (Fsp3) is 0.417. The average Bonchev–Trinajstić information content (AvgIpc) is 2.84. The minimum atomic E-state index is -0.912. The van der Waals surface area contributed by atoms with Crippen LogP contribution in [0.15, 0.2) is 42.5 Å². The maximum atomic E-state index is 13.5. The standard InChI is InChI=1S/C24H28N2O7/c1-4-16(2)33-21-10-7-18(15-20(21)22(27)31-3)25-23(28)24(11-13-32-14-12-24)17-5-8-19(9-6-17)26(29)30/h5-10,15-16H,4,11-14H2,1-3H3,(H,25,28). The molecule has 0 radical (unpaired) electrons. The summed E-state index contributed by atoms with van der Waals surface area (Å²) in [5, 5.41) is 13.9. The van der Waals surface area contributed by atoms with E-state index in [4.69, 9.17) is 14.2 Å². The monoisotopic (exact) mass is 456 g/mol. The maximum Gasteiger partial charge on any atom is 0.341 e. The van der Waals surface area contributed by atoms with Gasteiger partial charge in [-0.05, 0) is 49.9 Å². The third kappa shape index (κ3) is 5.31. The number of nitrogens with one attached hydrogen (secondary N) is 1. The molecule has 1 aliphatic heterocycles. The first-order valence-electron chi connectivity index (χ1n) is 10.8. The van der Waals surface area contributed by atoms with Crippen LogP contribution < -0.4 is 10.1 Å². The minimum Gasteiger partial charge on any atom is -0.490 e. The Morgan fingerprint density at radius 1 is 1.18 bits per heavy atom. The van der Waals surface area contributed by atoms with E-state index in [1.54, 1.807) is 24.3 Å². The predicted octanol–water partition coefficient (Wildman–Crippen LogP) is 4.25. The number of carbonyl (C=O) groups is 2. The minimum absolute atomic E-state index is 0.0408. The SMILES string of the molecule is CCC(C)Oc1ccc(NC(=O)C2(c3ccc([N+](=O)[O-])cc3)CCOCC2)cc1C(=O)OC. The molecule has 1 atom stereocenters. The van der Waals surface area contributed by atoms with Crippen LogP contribution in [0, 0.1) is 10.1 Å². The second-order valence-corrected chi connectivity index (χ2v) is 7.99. The molecule has 0 saturated carbocycles. The molecule has 0 aromatic heterocycles. The van der Waals surface area contributed by atoms with Gasteiger partial charge in [0, 0.05) is 31.0 Å². The molecule has 0 aliphatic carbocycles. The number of non-ortho nitro benzene ring substituents is 1. The first kappa shape index (κ1) is 24.2. The van der Waals surface area contributed by atoms with E-state index in [2.05, 4.69) is 5.32 Å². The number of methoxy groups -OCH3 is 1. The number of carbonyl (C=O) groups excluding carboxylic acids is 2. The van der Waals surface area contributed by atoms with Crippen LogP contribution in [0.3, 0.4) is 0 Å². The molecule has 3 rings (SSSR count). The van der Waals surface area contributed by atoms with Crippen LogP contribution in [0.1, 0.15) is 49.0 Å². The van der Waals surface area contributed by atoms with Gasteiger partial charge in [-0.2, -0.15) is 0 Å². The lowest BCUT2D eigenvalue weighted by Gasteiger charge is -2.36. The third-order valence-corrected chi connectivity index (χ3v) is 5.96. The van der Waals surface area contributed by atoms with E-state index in [1.165, 1.54) is 25.3 Å². The highest BCUT2D eigenvalue weighted by Gasteiger charge is 2.42. The number of rotatable bonds is 8. The van der Waals surface area contributed by atoms with Crippen molar-refractivity contribution in [2.45, 2.75) is 44.6 Å². The molecule has 1 amide bonds. The molecule has 1 heterocycles. The number of hydrogen-bond acceptors (Lipinski definition) is 7. The number of benzene rings is 2. The van der Waals surface area contributed by atoms with Crippen molar-refractivity contribution in [1.29, 1.82) is 0 Å². The first-order chi connectivity index (χ1) is 15.8. The molecule has 1 saturated heterocycles. The molecule has 9 nitrogen and oxygen atoms in total. The molecule has 1 N–H and O–H groups in total. The molecule has 2 aromatic carbocycles. The van der Waals surface area contributed by atoms with E-state index < -0.39 is 16.3 Å². The van der Waals surface area contributed by atoms with Gasteiger partial charge in [0.05, 0.1) is 23.6 Å². The van der Waals surface area contributed by atoms with Gasteiger partial charge in [-0.3, -0.25) is 14.9 Å². The van der Waals surface area contributed by atoms with Crippen LogP contribution in [0.4, 0.5) is 11.4 Å². The lowest BCUT2D eigenvalue weighted by atomic mass is 9.73. The topological polar surface area (TPSA) is 117 Å². The van der Waals surface area contributed by atoms with Crippen molar-refractivity contribution >= 4 is 23.3 Å². The molecule has 1 aliphatic rings. The second kappa shape index (κ2) is 10.4. The summed E-state index contributed by atoms with van der Waals surface area (Å²) in [5.41, 5.74) is 0.362. The summed E-state index contributed by atoms with van der Waals surface area (Å²) in [6, 6.07) is 10.9. The smallest absolute Gasteiger partial charge is 0.341 e. The molecule has 2 aromatic rings. The molecule has 33 heavy (non-hydrogen) atoms. The predicted molar refractivity (Wildman–Crippen MR) is 122 cm³/mol. The van der Waals surface area contributed by atoms with Gasteiger partial charge in [0.2, 0.25) is 5.91 Å². The highest BCUT2D eigenvalue weighted by atomic mass is 16.6. The normalized spacial score (nSPS) is 15.8. The van der Waals surface area contributed by atoms with Gasteiger partial charge in [0.1, 0.15) is 11.3 Å². The van der Waals surface area contributed by atoms with Crippen molar-refractivity contribution in [2.24, 2.45) is 0 Å². The van der Waals surface area contributed by atoms with Gasteiger partial charge in [-0.25, -0.2) is 4.79 Å². The average molecular weight is 456 g/mol. The number of nitro groups is 1. The summed E-state index contributed by atoms with van der Waals surface area (Å²) in [5.74, 6) is -0.461.